The second-order valence-electron chi connectivity index (χ2n) is 6.18. The first-order chi connectivity index (χ1) is 9.87. The van der Waals surface area contributed by atoms with Crippen LogP contribution in [0.4, 0.5) is 0 Å². The number of aliphatic hydroxyl groups excluding tert-OH is 1. The van der Waals surface area contributed by atoms with Crippen molar-refractivity contribution in [3.63, 3.8) is 0 Å². The van der Waals surface area contributed by atoms with Crippen molar-refractivity contribution in [1.29, 1.82) is 0 Å². The summed E-state index contributed by atoms with van der Waals surface area (Å²) in [4.78, 5) is 0. The summed E-state index contributed by atoms with van der Waals surface area (Å²) in [5.74, 6) is 0.182. The number of aliphatic hydroxyl groups is 1. The highest BCUT2D eigenvalue weighted by atomic mass is 16.5. The Morgan fingerprint density at radius 2 is 2.05 bits per heavy atom. The van der Waals surface area contributed by atoms with E-state index in [0.29, 0.717) is 0 Å². The highest BCUT2D eigenvalue weighted by Gasteiger charge is 2.43. The van der Waals surface area contributed by atoms with Crippen molar-refractivity contribution in [2.75, 3.05) is 0 Å². The summed E-state index contributed by atoms with van der Waals surface area (Å²) < 4.78 is 6.12. The van der Waals surface area contributed by atoms with Gasteiger partial charge in [0.25, 0.3) is 0 Å². The molecule has 1 saturated heterocycles. The van der Waals surface area contributed by atoms with Gasteiger partial charge in [0.2, 0.25) is 0 Å². The molecule has 1 aliphatic heterocycles. The average Bonchev–Trinajstić information content (AvgIpc) is 2.47. The van der Waals surface area contributed by atoms with Gasteiger partial charge in [0.15, 0.2) is 0 Å². The van der Waals surface area contributed by atoms with Crippen molar-refractivity contribution in [3.8, 4) is 5.75 Å². The first-order valence-electron chi connectivity index (χ1n) is 7.29. The molecule has 0 radical (unpaired) electrons. The van der Waals surface area contributed by atoms with Gasteiger partial charge >= 0.3 is 0 Å². The Bertz CT molecular complexity index is 520. The summed E-state index contributed by atoms with van der Waals surface area (Å²) in [6.07, 6.45) is 2.47. The maximum Gasteiger partial charge on any atom is 0.115 e. The molecular formula is C18H24O3. The molecule has 0 aromatic heterocycles. The molecule has 4 atom stereocenters. The molecule has 0 spiro atoms. The van der Waals surface area contributed by atoms with Gasteiger partial charge in [0.05, 0.1) is 12.2 Å². The SMILES string of the molecule is C=CC1(C)CCC(C(=C)C)OC1C(O)c1ccc(O)cc1. The fourth-order valence-corrected chi connectivity index (χ4v) is 2.85. The number of hydrogen-bond donors (Lipinski definition) is 2. The molecule has 0 saturated carbocycles. The highest BCUT2D eigenvalue weighted by molar-refractivity contribution is 5.28. The largest absolute Gasteiger partial charge is 0.508 e. The molecule has 3 nitrogen and oxygen atoms in total. The van der Waals surface area contributed by atoms with Crippen LogP contribution >= 0.6 is 0 Å². The third-order valence-electron chi connectivity index (χ3n) is 4.44. The fourth-order valence-electron chi connectivity index (χ4n) is 2.85. The number of ether oxygens (including phenoxy) is 1. The van der Waals surface area contributed by atoms with Crippen LogP contribution in [0.25, 0.3) is 0 Å². The zero-order valence-electron chi connectivity index (χ0n) is 12.7. The standard InChI is InChI=1S/C18H24O3/c1-5-18(4)11-10-15(12(2)3)21-17(18)16(20)13-6-8-14(19)9-7-13/h5-9,15-17,19-20H,1-2,10-11H2,3-4H3. The van der Waals surface area contributed by atoms with Crippen LogP contribution in [0.5, 0.6) is 5.75 Å². The Balaban J connectivity index is 2.28. The molecule has 3 heteroatoms. The van der Waals surface area contributed by atoms with Crippen LogP contribution in [0, 0.1) is 5.41 Å². The summed E-state index contributed by atoms with van der Waals surface area (Å²) in [5.41, 5.74) is 1.42. The maximum absolute atomic E-state index is 10.7. The molecular weight excluding hydrogens is 264 g/mol. The second-order valence-corrected chi connectivity index (χ2v) is 6.18. The van der Waals surface area contributed by atoms with E-state index < -0.39 is 6.10 Å². The molecule has 1 aliphatic rings. The van der Waals surface area contributed by atoms with E-state index in [1.165, 1.54) is 0 Å². The molecule has 1 aromatic carbocycles. The van der Waals surface area contributed by atoms with Gasteiger partial charge in [-0.25, -0.2) is 0 Å². The minimum Gasteiger partial charge on any atom is -0.508 e. The Labute approximate surface area is 126 Å². The predicted octanol–water partition coefficient (Wildman–Crippen LogP) is 3.74. The van der Waals surface area contributed by atoms with Crippen LogP contribution in [0.1, 0.15) is 38.4 Å². The summed E-state index contributed by atoms with van der Waals surface area (Å²) in [6.45, 7) is 11.9. The summed E-state index contributed by atoms with van der Waals surface area (Å²) in [5, 5.41) is 20.1. The van der Waals surface area contributed by atoms with E-state index in [0.717, 1.165) is 24.0 Å². The van der Waals surface area contributed by atoms with E-state index >= 15 is 0 Å². The van der Waals surface area contributed by atoms with E-state index in [1.54, 1.807) is 24.3 Å². The molecule has 1 heterocycles. The minimum absolute atomic E-state index is 0.0326. The second kappa shape index (κ2) is 6.04. The van der Waals surface area contributed by atoms with Gasteiger partial charge in [-0.05, 0) is 37.5 Å². The summed E-state index contributed by atoms with van der Waals surface area (Å²) in [6, 6.07) is 6.58. The van der Waals surface area contributed by atoms with Crippen LogP contribution in [0.3, 0.4) is 0 Å². The van der Waals surface area contributed by atoms with Crippen LogP contribution < -0.4 is 0 Å². The van der Waals surface area contributed by atoms with Gasteiger partial charge in [0, 0.05) is 5.41 Å². The van der Waals surface area contributed by atoms with Crippen molar-refractivity contribution in [2.24, 2.45) is 5.41 Å². The molecule has 0 aliphatic carbocycles. The van der Waals surface area contributed by atoms with Crippen LogP contribution in [-0.4, -0.2) is 22.4 Å². The Morgan fingerprint density at radius 1 is 1.43 bits per heavy atom. The van der Waals surface area contributed by atoms with E-state index in [4.69, 9.17) is 4.74 Å². The van der Waals surface area contributed by atoms with Crippen LogP contribution in [0.2, 0.25) is 0 Å². The lowest BCUT2D eigenvalue weighted by molar-refractivity contribution is -0.144. The van der Waals surface area contributed by atoms with Crippen molar-refractivity contribution in [2.45, 2.75) is 45.0 Å². The topological polar surface area (TPSA) is 49.7 Å². The molecule has 1 aromatic rings. The van der Waals surface area contributed by atoms with Crippen molar-refractivity contribution in [3.05, 3.63) is 54.6 Å². The normalized spacial score (nSPS) is 30.6. The molecule has 1 fully saturated rings. The lowest BCUT2D eigenvalue weighted by atomic mass is 9.73. The fraction of sp³-hybridized carbons (Fsp3) is 0.444. The zero-order chi connectivity index (χ0) is 15.6. The lowest BCUT2D eigenvalue weighted by Crippen LogP contribution is -2.45. The quantitative estimate of drug-likeness (QED) is 0.830. The molecule has 21 heavy (non-hydrogen) atoms. The molecule has 0 amide bonds. The number of phenolic OH excluding ortho intramolecular Hbond substituents is 1. The van der Waals surface area contributed by atoms with Gasteiger partial charge in [-0.2, -0.15) is 0 Å². The number of hydrogen-bond acceptors (Lipinski definition) is 3. The van der Waals surface area contributed by atoms with Crippen molar-refractivity contribution >= 4 is 0 Å². The van der Waals surface area contributed by atoms with Gasteiger partial charge in [-0.1, -0.05) is 37.3 Å². The third kappa shape index (κ3) is 3.20. The minimum atomic E-state index is -0.768. The molecule has 2 rings (SSSR count). The summed E-state index contributed by atoms with van der Waals surface area (Å²) in [7, 11) is 0. The van der Waals surface area contributed by atoms with E-state index in [2.05, 4.69) is 20.1 Å². The molecule has 114 valence electrons. The Hall–Kier alpha value is -1.58. The summed E-state index contributed by atoms with van der Waals surface area (Å²) >= 11 is 0. The zero-order valence-corrected chi connectivity index (χ0v) is 12.7. The Morgan fingerprint density at radius 3 is 2.57 bits per heavy atom. The van der Waals surface area contributed by atoms with Crippen LogP contribution in [-0.2, 0) is 4.74 Å². The smallest absolute Gasteiger partial charge is 0.115 e. The molecule has 0 bridgehead atoms. The number of rotatable bonds is 4. The number of phenols is 1. The first kappa shape index (κ1) is 15.8. The average molecular weight is 288 g/mol. The van der Waals surface area contributed by atoms with E-state index in [9.17, 15) is 10.2 Å². The molecule has 2 N–H and O–H groups in total. The first-order valence-corrected chi connectivity index (χ1v) is 7.29. The van der Waals surface area contributed by atoms with Gasteiger partial charge in [0.1, 0.15) is 11.9 Å². The Kier molecular flexibility index (Phi) is 4.55. The monoisotopic (exact) mass is 288 g/mol. The number of benzene rings is 1. The van der Waals surface area contributed by atoms with E-state index in [-0.39, 0.29) is 23.4 Å². The maximum atomic E-state index is 10.7. The van der Waals surface area contributed by atoms with Gasteiger partial charge in [-0.15, -0.1) is 6.58 Å². The third-order valence-corrected chi connectivity index (χ3v) is 4.44. The number of aromatic hydroxyl groups is 1. The lowest BCUT2D eigenvalue weighted by Gasteiger charge is -2.45. The van der Waals surface area contributed by atoms with Gasteiger partial charge < -0.3 is 14.9 Å². The van der Waals surface area contributed by atoms with Crippen molar-refractivity contribution < 1.29 is 14.9 Å². The van der Waals surface area contributed by atoms with Gasteiger partial charge in [-0.3, -0.25) is 0 Å². The highest BCUT2D eigenvalue weighted by Crippen LogP contribution is 2.44. The van der Waals surface area contributed by atoms with Crippen molar-refractivity contribution in [1.82, 2.24) is 0 Å². The predicted molar refractivity (Wildman–Crippen MR) is 84.1 cm³/mol. The molecule has 4 unspecified atom stereocenters. The van der Waals surface area contributed by atoms with E-state index in [1.807, 2.05) is 13.0 Å². The van der Waals surface area contributed by atoms with Crippen LogP contribution in [0.15, 0.2) is 49.1 Å².